The summed E-state index contributed by atoms with van der Waals surface area (Å²) in [5, 5.41) is 6.19. The molecule has 0 saturated carbocycles. The van der Waals surface area contributed by atoms with Crippen LogP contribution in [0.1, 0.15) is 16.1 Å². The fraction of sp³-hybridized carbons (Fsp3) is 0.312. The summed E-state index contributed by atoms with van der Waals surface area (Å²) in [6.07, 6.45) is -10.1. The molecule has 3 rings (SSSR count). The van der Waals surface area contributed by atoms with Gasteiger partial charge in [-0.2, -0.15) is 31.4 Å². The highest BCUT2D eigenvalue weighted by molar-refractivity contribution is 6.31. The molecule has 1 aromatic heterocycles. The Balaban J connectivity index is 0.000000469. The van der Waals surface area contributed by atoms with Crippen LogP contribution in [0.2, 0.25) is 5.02 Å². The van der Waals surface area contributed by atoms with Crippen LogP contribution in [0.15, 0.2) is 18.2 Å². The Morgan fingerprint density at radius 1 is 1.27 bits per heavy atom. The summed E-state index contributed by atoms with van der Waals surface area (Å²) in [6, 6.07) is 1.87. The standard InChI is InChI=1S/C14H11ClF4N4O.C2HF3O/c15-7-3-6(1-2-8(7)16)12-11(13(20)24)9-4-21-10(14(17,18)19)5-23(9)22-12;3-2(4,5)1-6/h1-3,10,21H,4-5H2,(H2,20,24);1H. The number of rotatable bonds is 2. The Kier molecular flexibility index (Phi) is 6.76. The fourth-order valence-electron chi connectivity index (χ4n) is 2.61. The number of nitrogens with two attached hydrogens (primary N) is 1. The molecule has 0 spiro atoms. The van der Waals surface area contributed by atoms with Crippen LogP contribution in [0, 0.1) is 5.82 Å². The summed E-state index contributed by atoms with van der Waals surface area (Å²) in [5.41, 5.74) is 5.96. The van der Waals surface area contributed by atoms with Crippen LogP contribution in [0.4, 0.5) is 30.7 Å². The van der Waals surface area contributed by atoms with Crippen molar-refractivity contribution >= 4 is 23.8 Å². The van der Waals surface area contributed by atoms with Gasteiger partial charge < -0.3 is 5.73 Å². The lowest BCUT2D eigenvalue weighted by atomic mass is 10.0. The number of aldehydes is 1. The van der Waals surface area contributed by atoms with E-state index < -0.39 is 42.9 Å². The molecule has 1 aliphatic heterocycles. The first-order chi connectivity index (χ1) is 13.7. The quantitative estimate of drug-likeness (QED) is 0.532. The molecule has 1 atom stereocenters. The van der Waals surface area contributed by atoms with E-state index in [1.807, 2.05) is 0 Å². The van der Waals surface area contributed by atoms with E-state index in [1.165, 1.54) is 12.1 Å². The normalized spacial score (nSPS) is 16.3. The largest absolute Gasteiger partial charge is 0.446 e. The van der Waals surface area contributed by atoms with E-state index in [0.717, 1.165) is 10.7 Å². The lowest BCUT2D eigenvalue weighted by molar-refractivity contribution is -0.162. The molecule has 3 N–H and O–H groups in total. The molecular weight excluding hydrogens is 449 g/mol. The summed E-state index contributed by atoms with van der Waals surface area (Å²) in [7, 11) is 0. The molecule has 30 heavy (non-hydrogen) atoms. The van der Waals surface area contributed by atoms with Gasteiger partial charge in [-0.3, -0.25) is 19.6 Å². The topological polar surface area (TPSA) is 90.0 Å². The molecule has 1 amide bonds. The van der Waals surface area contributed by atoms with Crippen molar-refractivity contribution in [3.05, 3.63) is 40.3 Å². The molecular formula is C16H12ClF7N4O2. The van der Waals surface area contributed by atoms with E-state index in [2.05, 4.69) is 10.4 Å². The predicted molar refractivity (Wildman–Crippen MR) is 90.0 cm³/mol. The van der Waals surface area contributed by atoms with Gasteiger partial charge in [0.15, 0.2) is 0 Å². The van der Waals surface area contributed by atoms with Crippen molar-refractivity contribution in [3.8, 4) is 11.3 Å². The van der Waals surface area contributed by atoms with Crippen LogP contribution < -0.4 is 11.1 Å². The summed E-state index contributed by atoms with van der Waals surface area (Å²) < 4.78 is 84.2. The van der Waals surface area contributed by atoms with Crippen molar-refractivity contribution in [2.45, 2.75) is 31.5 Å². The fourth-order valence-corrected chi connectivity index (χ4v) is 2.79. The van der Waals surface area contributed by atoms with Gasteiger partial charge in [0, 0.05) is 12.1 Å². The molecule has 2 heterocycles. The molecule has 164 valence electrons. The summed E-state index contributed by atoms with van der Waals surface area (Å²) in [5.74, 6) is -1.50. The number of alkyl halides is 6. The number of hydrogen-bond donors (Lipinski definition) is 2. The third kappa shape index (κ3) is 5.48. The highest BCUT2D eigenvalue weighted by atomic mass is 35.5. The van der Waals surface area contributed by atoms with Crippen LogP contribution >= 0.6 is 11.6 Å². The Bertz CT molecular complexity index is 956. The van der Waals surface area contributed by atoms with Crippen molar-refractivity contribution in [1.82, 2.24) is 15.1 Å². The van der Waals surface area contributed by atoms with Gasteiger partial charge in [-0.15, -0.1) is 0 Å². The molecule has 2 aromatic rings. The van der Waals surface area contributed by atoms with Gasteiger partial charge >= 0.3 is 12.4 Å². The number of nitrogens with zero attached hydrogens (tertiary/aromatic N) is 2. The monoisotopic (exact) mass is 460 g/mol. The number of aromatic nitrogens is 2. The molecule has 0 bridgehead atoms. The number of amides is 1. The number of primary amides is 1. The van der Waals surface area contributed by atoms with Crippen molar-refractivity contribution in [3.63, 3.8) is 0 Å². The minimum absolute atomic E-state index is 0.00852. The van der Waals surface area contributed by atoms with Crippen LogP contribution in [-0.4, -0.2) is 40.4 Å². The maximum absolute atomic E-state index is 13.3. The number of nitrogens with one attached hydrogen (secondary N) is 1. The first-order valence-electron chi connectivity index (χ1n) is 7.92. The van der Waals surface area contributed by atoms with E-state index in [0.29, 0.717) is 5.56 Å². The van der Waals surface area contributed by atoms with Crippen molar-refractivity contribution in [1.29, 1.82) is 0 Å². The minimum Gasteiger partial charge on any atom is -0.365 e. The predicted octanol–water partition coefficient (Wildman–Crippen LogP) is 3.22. The second-order valence-electron chi connectivity index (χ2n) is 5.98. The van der Waals surface area contributed by atoms with Gasteiger partial charge in [-0.05, 0) is 18.2 Å². The lowest BCUT2D eigenvalue weighted by Crippen LogP contribution is -2.49. The zero-order valence-corrected chi connectivity index (χ0v) is 15.4. The molecule has 0 fully saturated rings. The van der Waals surface area contributed by atoms with Crippen LogP contribution in [-0.2, 0) is 17.9 Å². The maximum Gasteiger partial charge on any atom is 0.446 e. The molecule has 14 heteroatoms. The third-order valence-electron chi connectivity index (χ3n) is 3.90. The molecule has 1 unspecified atom stereocenters. The highest BCUT2D eigenvalue weighted by Gasteiger charge is 2.43. The van der Waals surface area contributed by atoms with Gasteiger partial charge in [-0.1, -0.05) is 11.6 Å². The average Bonchev–Trinajstić information content (AvgIpc) is 3.02. The van der Waals surface area contributed by atoms with Gasteiger partial charge in [0.1, 0.15) is 17.6 Å². The zero-order valence-electron chi connectivity index (χ0n) is 14.6. The Morgan fingerprint density at radius 3 is 2.33 bits per heavy atom. The Morgan fingerprint density at radius 2 is 1.87 bits per heavy atom. The van der Waals surface area contributed by atoms with E-state index >= 15 is 0 Å². The summed E-state index contributed by atoms with van der Waals surface area (Å²) >= 11 is 5.72. The first kappa shape index (κ1) is 23.6. The summed E-state index contributed by atoms with van der Waals surface area (Å²) in [6.45, 7) is -0.710. The maximum atomic E-state index is 13.3. The van der Waals surface area contributed by atoms with E-state index in [1.54, 1.807) is 0 Å². The number of benzene rings is 1. The van der Waals surface area contributed by atoms with Gasteiger partial charge in [0.25, 0.3) is 5.91 Å². The van der Waals surface area contributed by atoms with Crippen LogP contribution in [0.5, 0.6) is 0 Å². The third-order valence-corrected chi connectivity index (χ3v) is 4.19. The second-order valence-corrected chi connectivity index (χ2v) is 6.39. The average molecular weight is 461 g/mol. The van der Waals surface area contributed by atoms with E-state index in [4.69, 9.17) is 22.1 Å². The molecule has 0 aliphatic carbocycles. The SMILES string of the molecule is NC(=O)c1c(-c2ccc(F)c(Cl)c2)nn2c1CNC(C(F)(F)F)C2.O=CC(F)(F)F. The number of fused-ring (bicyclic) bond motifs is 1. The molecule has 0 saturated heterocycles. The molecule has 1 aromatic carbocycles. The Hall–Kier alpha value is -2.67. The number of hydrogen-bond acceptors (Lipinski definition) is 4. The smallest absolute Gasteiger partial charge is 0.365 e. The lowest BCUT2D eigenvalue weighted by Gasteiger charge is -2.27. The number of carbonyl (C=O) groups excluding carboxylic acids is 2. The Labute approximate surface area is 168 Å². The van der Waals surface area contributed by atoms with Gasteiger partial charge in [0.2, 0.25) is 6.29 Å². The van der Waals surface area contributed by atoms with Gasteiger partial charge in [0.05, 0.1) is 22.8 Å². The van der Waals surface area contributed by atoms with Crippen LogP contribution in [0.25, 0.3) is 11.3 Å². The zero-order chi connectivity index (χ0) is 22.9. The highest BCUT2D eigenvalue weighted by Crippen LogP contribution is 2.32. The molecule has 6 nitrogen and oxygen atoms in total. The molecule has 1 aliphatic rings. The second kappa shape index (κ2) is 8.60. The van der Waals surface area contributed by atoms with Crippen LogP contribution in [0.3, 0.4) is 0 Å². The van der Waals surface area contributed by atoms with Crippen molar-refractivity contribution in [2.75, 3.05) is 0 Å². The number of halogens is 8. The van der Waals surface area contributed by atoms with Gasteiger partial charge in [-0.25, -0.2) is 4.39 Å². The number of carbonyl (C=O) groups is 2. The summed E-state index contributed by atoms with van der Waals surface area (Å²) in [4.78, 5) is 20.5. The minimum atomic E-state index is -4.64. The van der Waals surface area contributed by atoms with E-state index in [9.17, 15) is 35.5 Å². The molecule has 0 radical (unpaired) electrons. The van der Waals surface area contributed by atoms with E-state index in [-0.39, 0.29) is 28.5 Å². The van der Waals surface area contributed by atoms with Crippen molar-refractivity contribution < 1.29 is 40.3 Å². The first-order valence-corrected chi connectivity index (χ1v) is 8.30. The van der Waals surface area contributed by atoms with Crippen molar-refractivity contribution in [2.24, 2.45) is 5.73 Å².